The molecular formula is C15H26N2O2. The first-order valence-corrected chi connectivity index (χ1v) is 6.99. The predicted octanol–water partition coefficient (Wildman–Crippen LogP) is 3.28. The van der Waals surface area contributed by atoms with Gasteiger partial charge >= 0.3 is 0 Å². The van der Waals surface area contributed by atoms with Gasteiger partial charge in [0.05, 0.1) is 18.9 Å². The summed E-state index contributed by atoms with van der Waals surface area (Å²) in [7, 11) is 1.73. The number of hydrogen-bond donors (Lipinski definition) is 2. The maximum absolute atomic E-state index is 5.90. The van der Waals surface area contributed by atoms with E-state index in [9.17, 15) is 0 Å². The molecule has 0 aromatic heterocycles. The van der Waals surface area contributed by atoms with E-state index in [4.69, 9.17) is 15.2 Å². The first-order valence-electron chi connectivity index (χ1n) is 6.99. The lowest BCUT2D eigenvalue weighted by Crippen LogP contribution is -2.24. The molecule has 1 unspecified atom stereocenters. The molecule has 0 radical (unpaired) electrons. The molecule has 0 bridgehead atoms. The largest absolute Gasteiger partial charge is 0.491 e. The van der Waals surface area contributed by atoms with Crippen LogP contribution in [0.15, 0.2) is 18.2 Å². The molecule has 4 nitrogen and oxygen atoms in total. The maximum Gasteiger partial charge on any atom is 0.144 e. The van der Waals surface area contributed by atoms with Gasteiger partial charge in [-0.1, -0.05) is 20.3 Å². The molecule has 19 heavy (non-hydrogen) atoms. The molecule has 0 fully saturated rings. The molecule has 0 heterocycles. The molecule has 1 atom stereocenters. The van der Waals surface area contributed by atoms with Crippen molar-refractivity contribution in [2.75, 3.05) is 31.4 Å². The van der Waals surface area contributed by atoms with Gasteiger partial charge in [0.1, 0.15) is 5.75 Å². The van der Waals surface area contributed by atoms with Crippen molar-refractivity contribution in [3.05, 3.63) is 18.2 Å². The van der Waals surface area contributed by atoms with Crippen LogP contribution < -0.4 is 15.8 Å². The topological polar surface area (TPSA) is 56.5 Å². The zero-order valence-electron chi connectivity index (χ0n) is 12.2. The van der Waals surface area contributed by atoms with Gasteiger partial charge < -0.3 is 20.5 Å². The third-order valence-electron chi connectivity index (χ3n) is 2.85. The molecule has 0 spiro atoms. The molecule has 0 saturated heterocycles. The molecule has 4 heteroatoms. The molecule has 0 aliphatic rings. The smallest absolute Gasteiger partial charge is 0.144 e. The zero-order chi connectivity index (χ0) is 14.1. The number of nitrogens with two attached hydrogens (primary N) is 1. The van der Waals surface area contributed by atoms with Gasteiger partial charge in [-0.15, -0.1) is 0 Å². The Hall–Kier alpha value is -1.42. The minimum absolute atomic E-state index is 0.317. The van der Waals surface area contributed by atoms with Crippen LogP contribution in [0.1, 0.15) is 33.1 Å². The number of nitrogen functional groups attached to an aromatic ring is 1. The Morgan fingerprint density at radius 1 is 1.26 bits per heavy atom. The molecule has 0 aliphatic carbocycles. The maximum atomic E-state index is 5.90. The zero-order valence-corrected chi connectivity index (χ0v) is 12.2. The first kappa shape index (κ1) is 15.6. The summed E-state index contributed by atoms with van der Waals surface area (Å²) in [5, 5.41) is 3.46. The van der Waals surface area contributed by atoms with Gasteiger partial charge in [-0.05, 0) is 25.0 Å². The van der Waals surface area contributed by atoms with E-state index in [1.54, 1.807) is 7.11 Å². The lowest BCUT2D eigenvalue weighted by molar-refractivity contribution is 0.182. The van der Waals surface area contributed by atoms with Crippen molar-refractivity contribution in [3.8, 4) is 5.75 Å². The number of methoxy groups -OCH3 is 1. The fourth-order valence-electron chi connectivity index (χ4n) is 1.94. The molecule has 1 rings (SSSR count). The number of hydrogen-bond acceptors (Lipinski definition) is 4. The second kappa shape index (κ2) is 8.64. The van der Waals surface area contributed by atoms with Crippen LogP contribution in [-0.4, -0.2) is 26.4 Å². The van der Waals surface area contributed by atoms with Crippen LogP contribution in [0.4, 0.5) is 11.4 Å². The summed E-state index contributed by atoms with van der Waals surface area (Å²) in [5.41, 5.74) is 7.60. The van der Waals surface area contributed by atoms with E-state index in [-0.39, 0.29) is 0 Å². The van der Waals surface area contributed by atoms with Crippen molar-refractivity contribution in [3.63, 3.8) is 0 Å². The van der Waals surface area contributed by atoms with Crippen LogP contribution in [0, 0.1) is 0 Å². The highest BCUT2D eigenvalue weighted by atomic mass is 16.5. The molecule has 0 amide bonds. The Balaban J connectivity index is 2.70. The quantitative estimate of drug-likeness (QED) is 0.673. The van der Waals surface area contributed by atoms with Crippen molar-refractivity contribution in [2.24, 2.45) is 0 Å². The summed E-state index contributed by atoms with van der Waals surface area (Å²) >= 11 is 0. The standard InChI is InChI=1S/C15H26N2O2/c1-4-6-13(11-18-3)17-12-7-8-14(16)15(10-12)19-9-5-2/h7-8,10,13,17H,4-6,9,11,16H2,1-3H3. The number of ether oxygens (including phenoxy) is 2. The molecule has 1 aromatic carbocycles. The minimum atomic E-state index is 0.317. The van der Waals surface area contributed by atoms with Crippen LogP contribution in [0.25, 0.3) is 0 Å². The summed E-state index contributed by atoms with van der Waals surface area (Å²) in [4.78, 5) is 0. The fourth-order valence-corrected chi connectivity index (χ4v) is 1.94. The third-order valence-corrected chi connectivity index (χ3v) is 2.85. The van der Waals surface area contributed by atoms with Gasteiger partial charge in [0, 0.05) is 24.9 Å². The van der Waals surface area contributed by atoms with E-state index in [0.717, 1.165) is 30.7 Å². The summed E-state index contributed by atoms with van der Waals surface area (Å²) in [6.45, 7) is 5.63. The van der Waals surface area contributed by atoms with Gasteiger partial charge in [0.25, 0.3) is 0 Å². The van der Waals surface area contributed by atoms with Gasteiger partial charge in [-0.2, -0.15) is 0 Å². The summed E-state index contributed by atoms with van der Waals surface area (Å²) < 4.78 is 10.9. The minimum Gasteiger partial charge on any atom is -0.491 e. The van der Waals surface area contributed by atoms with Gasteiger partial charge in [0.15, 0.2) is 0 Å². The van der Waals surface area contributed by atoms with Gasteiger partial charge in [-0.3, -0.25) is 0 Å². The van der Waals surface area contributed by atoms with Crippen molar-refractivity contribution in [1.29, 1.82) is 0 Å². The van der Waals surface area contributed by atoms with E-state index in [2.05, 4.69) is 19.2 Å². The SMILES string of the molecule is CCCOc1cc(NC(CCC)COC)ccc1N. The number of nitrogens with one attached hydrogen (secondary N) is 1. The second-order valence-electron chi connectivity index (χ2n) is 4.69. The lowest BCUT2D eigenvalue weighted by atomic mass is 10.1. The summed E-state index contributed by atoms with van der Waals surface area (Å²) in [6, 6.07) is 6.14. The molecular weight excluding hydrogens is 240 g/mol. The Kier molecular flexibility index (Phi) is 7.11. The van der Waals surface area contributed by atoms with Crippen LogP contribution in [0.3, 0.4) is 0 Å². The highest BCUT2D eigenvalue weighted by Gasteiger charge is 2.09. The third kappa shape index (κ3) is 5.39. The highest BCUT2D eigenvalue weighted by molar-refractivity contribution is 5.61. The Bertz CT molecular complexity index is 363. The van der Waals surface area contributed by atoms with E-state index in [1.807, 2.05) is 18.2 Å². The average Bonchev–Trinajstić information content (AvgIpc) is 2.40. The van der Waals surface area contributed by atoms with Crippen LogP contribution in [-0.2, 0) is 4.74 Å². The van der Waals surface area contributed by atoms with E-state index >= 15 is 0 Å². The van der Waals surface area contributed by atoms with Crippen molar-refractivity contribution >= 4 is 11.4 Å². The van der Waals surface area contributed by atoms with Crippen LogP contribution in [0.5, 0.6) is 5.75 Å². The van der Waals surface area contributed by atoms with Crippen molar-refractivity contribution < 1.29 is 9.47 Å². The average molecular weight is 266 g/mol. The Morgan fingerprint density at radius 3 is 2.68 bits per heavy atom. The van der Waals surface area contributed by atoms with E-state index in [1.165, 1.54) is 0 Å². The fraction of sp³-hybridized carbons (Fsp3) is 0.600. The van der Waals surface area contributed by atoms with E-state index in [0.29, 0.717) is 24.9 Å². The van der Waals surface area contributed by atoms with Gasteiger partial charge in [0.2, 0.25) is 0 Å². The normalized spacial score (nSPS) is 12.2. The van der Waals surface area contributed by atoms with Crippen LogP contribution in [0.2, 0.25) is 0 Å². The Labute approximate surface area is 116 Å². The molecule has 1 aromatic rings. The lowest BCUT2D eigenvalue weighted by Gasteiger charge is -2.19. The van der Waals surface area contributed by atoms with Gasteiger partial charge in [-0.25, -0.2) is 0 Å². The molecule has 0 aliphatic heterocycles. The van der Waals surface area contributed by atoms with Crippen LogP contribution >= 0.6 is 0 Å². The highest BCUT2D eigenvalue weighted by Crippen LogP contribution is 2.26. The summed E-state index contributed by atoms with van der Waals surface area (Å²) in [6.07, 6.45) is 3.16. The Morgan fingerprint density at radius 2 is 2.05 bits per heavy atom. The number of benzene rings is 1. The van der Waals surface area contributed by atoms with Crippen molar-refractivity contribution in [2.45, 2.75) is 39.2 Å². The number of anilines is 2. The summed E-state index contributed by atoms with van der Waals surface area (Å²) in [5.74, 6) is 0.750. The predicted molar refractivity (Wildman–Crippen MR) is 80.8 cm³/mol. The first-order chi connectivity index (χ1) is 9.21. The van der Waals surface area contributed by atoms with E-state index < -0.39 is 0 Å². The molecule has 108 valence electrons. The molecule has 0 saturated carbocycles. The van der Waals surface area contributed by atoms with Crippen molar-refractivity contribution in [1.82, 2.24) is 0 Å². The monoisotopic (exact) mass is 266 g/mol. The number of rotatable bonds is 9. The second-order valence-corrected chi connectivity index (χ2v) is 4.69. The molecule has 3 N–H and O–H groups in total.